The molecule has 0 aliphatic rings. The molecule has 0 saturated carbocycles. The van der Waals surface area contributed by atoms with Crippen LogP contribution in [-0.2, 0) is 11.0 Å². The highest BCUT2D eigenvalue weighted by atomic mass is 32.2. The Morgan fingerprint density at radius 2 is 2.14 bits per heavy atom. The summed E-state index contributed by atoms with van der Waals surface area (Å²) in [6.45, 7) is 7.83. The first-order chi connectivity index (χ1) is 9.90. The molecule has 6 heteroatoms. The third-order valence-electron chi connectivity index (χ3n) is 3.09. The molecule has 0 aliphatic heterocycles. The molecular weight excluding hydrogens is 284 g/mol. The highest BCUT2D eigenvalue weighted by Crippen LogP contribution is 2.19. The average molecular weight is 308 g/mol. The topological polar surface area (TPSA) is 58.5 Å². The molecule has 0 saturated heterocycles. The predicted octanol–water partition coefficient (Wildman–Crippen LogP) is 3.10. The van der Waals surface area contributed by atoms with Gasteiger partial charge in [0.1, 0.15) is 16.8 Å². The number of hydrogen-bond donors (Lipinski definition) is 0. The minimum atomic E-state index is -1.08. The Morgan fingerprint density at radius 3 is 2.67 bits per heavy atom. The SMILES string of the molecule is C/C=C(\C(CCC)=Nc1nc(C)ncc1C)N(C)S(C)=O. The molecule has 0 aromatic carbocycles. The standard InChI is InChI=1S/C15H24N4OS/c1-7-9-13(14(8-2)19(5)21(6)20)18-15-11(3)10-16-12(4)17-15/h8,10H,7,9H2,1-6H3/b14-8+,18-13?. The van der Waals surface area contributed by atoms with E-state index < -0.39 is 11.0 Å². The average Bonchev–Trinajstić information content (AvgIpc) is 2.43. The number of aromatic nitrogens is 2. The van der Waals surface area contributed by atoms with E-state index in [4.69, 9.17) is 4.99 Å². The van der Waals surface area contributed by atoms with Crippen LogP contribution in [0.25, 0.3) is 0 Å². The van der Waals surface area contributed by atoms with Crippen molar-refractivity contribution < 1.29 is 4.21 Å². The van der Waals surface area contributed by atoms with Gasteiger partial charge in [-0.3, -0.25) is 4.31 Å². The van der Waals surface area contributed by atoms with E-state index in [0.717, 1.165) is 29.8 Å². The zero-order valence-electron chi connectivity index (χ0n) is 13.7. The number of nitrogens with zero attached hydrogens (tertiary/aromatic N) is 4. The molecule has 5 nitrogen and oxygen atoms in total. The van der Waals surface area contributed by atoms with Gasteiger partial charge < -0.3 is 0 Å². The smallest absolute Gasteiger partial charge is 0.158 e. The van der Waals surface area contributed by atoms with Gasteiger partial charge in [-0.1, -0.05) is 19.4 Å². The molecule has 0 amide bonds. The Bertz CT molecular complexity index is 581. The number of allylic oxidation sites excluding steroid dienone is 2. The molecule has 1 atom stereocenters. The van der Waals surface area contributed by atoms with E-state index >= 15 is 0 Å². The molecule has 0 bridgehead atoms. The van der Waals surface area contributed by atoms with E-state index in [9.17, 15) is 4.21 Å². The summed E-state index contributed by atoms with van der Waals surface area (Å²) in [6, 6.07) is 0. The summed E-state index contributed by atoms with van der Waals surface area (Å²) in [5.74, 6) is 1.38. The minimum Gasteiger partial charge on any atom is -0.294 e. The van der Waals surface area contributed by atoms with Crippen molar-refractivity contribution in [3.8, 4) is 0 Å². The van der Waals surface area contributed by atoms with Crippen molar-refractivity contribution in [2.45, 2.75) is 40.5 Å². The second-order valence-electron chi connectivity index (χ2n) is 4.83. The van der Waals surface area contributed by atoms with Gasteiger partial charge >= 0.3 is 0 Å². The van der Waals surface area contributed by atoms with Crippen LogP contribution in [0.3, 0.4) is 0 Å². The zero-order chi connectivity index (χ0) is 16.0. The molecule has 0 spiro atoms. The summed E-state index contributed by atoms with van der Waals surface area (Å²) in [4.78, 5) is 13.3. The lowest BCUT2D eigenvalue weighted by Gasteiger charge is -2.21. The molecule has 0 aliphatic carbocycles. The van der Waals surface area contributed by atoms with Gasteiger partial charge in [-0.05, 0) is 27.2 Å². The van der Waals surface area contributed by atoms with Crippen LogP contribution in [0, 0.1) is 13.8 Å². The largest absolute Gasteiger partial charge is 0.294 e. The molecule has 0 fully saturated rings. The maximum absolute atomic E-state index is 11.7. The fourth-order valence-electron chi connectivity index (χ4n) is 1.91. The van der Waals surface area contributed by atoms with E-state index in [1.54, 1.807) is 16.8 Å². The summed E-state index contributed by atoms with van der Waals surface area (Å²) >= 11 is 0. The van der Waals surface area contributed by atoms with Gasteiger partial charge in [-0.15, -0.1) is 0 Å². The molecule has 1 unspecified atom stereocenters. The van der Waals surface area contributed by atoms with E-state index in [0.29, 0.717) is 11.6 Å². The fraction of sp³-hybridized carbons (Fsp3) is 0.533. The van der Waals surface area contributed by atoms with E-state index in [-0.39, 0.29) is 0 Å². The first-order valence-electron chi connectivity index (χ1n) is 7.02. The van der Waals surface area contributed by atoms with Crippen LogP contribution in [0.2, 0.25) is 0 Å². The first-order valence-corrected chi connectivity index (χ1v) is 8.53. The van der Waals surface area contributed by atoms with Gasteiger partial charge in [-0.25, -0.2) is 19.2 Å². The van der Waals surface area contributed by atoms with Crippen LogP contribution >= 0.6 is 0 Å². The van der Waals surface area contributed by atoms with Crippen molar-refractivity contribution in [3.05, 3.63) is 29.4 Å². The van der Waals surface area contributed by atoms with Crippen LogP contribution in [0.5, 0.6) is 0 Å². The maximum atomic E-state index is 11.7. The maximum Gasteiger partial charge on any atom is 0.158 e. The van der Waals surface area contributed by atoms with Crippen molar-refractivity contribution in [3.63, 3.8) is 0 Å². The lowest BCUT2D eigenvalue weighted by atomic mass is 10.1. The third kappa shape index (κ3) is 4.74. The number of aliphatic imine (C=N–C) groups is 1. The summed E-state index contributed by atoms with van der Waals surface area (Å²) in [5.41, 5.74) is 2.72. The zero-order valence-corrected chi connectivity index (χ0v) is 14.5. The number of rotatable bonds is 6. The van der Waals surface area contributed by atoms with E-state index in [2.05, 4.69) is 16.9 Å². The van der Waals surface area contributed by atoms with E-state index in [1.165, 1.54) is 0 Å². The quantitative estimate of drug-likeness (QED) is 0.759. The van der Waals surface area contributed by atoms with E-state index in [1.807, 2.05) is 33.9 Å². The summed E-state index contributed by atoms with van der Waals surface area (Å²) in [6.07, 6.45) is 7.15. The monoisotopic (exact) mass is 308 g/mol. The summed E-state index contributed by atoms with van der Waals surface area (Å²) in [7, 11) is 0.733. The second kappa shape index (κ2) is 8.02. The Balaban J connectivity index is 3.30. The number of hydrogen-bond acceptors (Lipinski definition) is 4. The molecule has 21 heavy (non-hydrogen) atoms. The fourth-order valence-corrected chi connectivity index (χ4v) is 2.39. The van der Waals surface area contributed by atoms with Crippen LogP contribution in [-0.4, -0.2) is 37.5 Å². The Hall–Kier alpha value is -1.56. The lowest BCUT2D eigenvalue weighted by molar-refractivity contribution is 0.622. The lowest BCUT2D eigenvalue weighted by Crippen LogP contribution is -2.25. The van der Waals surface area contributed by atoms with Crippen LogP contribution < -0.4 is 0 Å². The van der Waals surface area contributed by atoms with Gasteiger partial charge in [0.25, 0.3) is 0 Å². The van der Waals surface area contributed by atoms with Gasteiger partial charge in [-0.2, -0.15) is 0 Å². The minimum absolute atomic E-state index is 0.681. The molecular formula is C15H24N4OS. The van der Waals surface area contributed by atoms with Crippen LogP contribution in [0.15, 0.2) is 23.0 Å². The van der Waals surface area contributed by atoms with Gasteiger partial charge in [0.15, 0.2) is 5.82 Å². The molecule has 1 aromatic heterocycles. The second-order valence-corrected chi connectivity index (χ2v) is 6.22. The van der Waals surface area contributed by atoms with Crippen molar-refractivity contribution in [2.24, 2.45) is 4.99 Å². The van der Waals surface area contributed by atoms with Gasteiger partial charge in [0.2, 0.25) is 0 Å². The van der Waals surface area contributed by atoms with Crippen molar-refractivity contribution in [1.82, 2.24) is 14.3 Å². The normalized spacial score (nSPS) is 14.2. The highest BCUT2D eigenvalue weighted by molar-refractivity contribution is 7.82. The summed E-state index contributed by atoms with van der Waals surface area (Å²) < 4.78 is 13.5. The van der Waals surface area contributed by atoms with Crippen molar-refractivity contribution in [1.29, 1.82) is 0 Å². The van der Waals surface area contributed by atoms with Crippen molar-refractivity contribution in [2.75, 3.05) is 13.3 Å². The summed E-state index contributed by atoms with van der Waals surface area (Å²) in [5, 5.41) is 0. The van der Waals surface area contributed by atoms with Gasteiger partial charge in [0, 0.05) is 25.1 Å². The first kappa shape index (κ1) is 17.5. The molecule has 1 rings (SSSR count). The Morgan fingerprint density at radius 1 is 1.48 bits per heavy atom. The van der Waals surface area contributed by atoms with Crippen LogP contribution in [0.4, 0.5) is 5.82 Å². The van der Waals surface area contributed by atoms with Crippen LogP contribution in [0.1, 0.15) is 38.1 Å². The molecule has 116 valence electrons. The molecule has 0 radical (unpaired) electrons. The van der Waals surface area contributed by atoms with Gasteiger partial charge in [0.05, 0.1) is 11.4 Å². The van der Waals surface area contributed by atoms with Crippen molar-refractivity contribution >= 4 is 22.5 Å². The molecule has 0 N–H and O–H groups in total. The molecule has 1 aromatic rings. The molecule has 1 heterocycles. The number of aryl methyl sites for hydroxylation is 2. The predicted molar refractivity (Wildman–Crippen MR) is 89.1 cm³/mol. The Labute approximate surface area is 129 Å². The highest BCUT2D eigenvalue weighted by Gasteiger charge is 2.14. The Kier molecular flexibility index (Phi) is 6.68. The third-order valence-corrected chi connectivity index (χ3v) is 4.06.